The van der Waals surface area contributed by atoms with Crippen LogP contribution >= 0.6 is 0 Å². The minimum Gasteiger partial charge on any atom is -0.315 e. The summed E-state index contributed by atoms with van der Waals surface area (Å²) >= 11 is 0. The first kappa shape index (κ1) is 26.3. The quantitative estimate of drug-likeness (QED) is 0.422. The maximum Gasteiger partial charge on any atom is 0.243 e. The first-order valence-electron chi connectivity index (χ1n) is 11.6. The smallest absolute Gasteiger partial charge is 0.243 e. The van der Waals surface area contributed by atoms with Gasteiger partial charge < -0.3 is 5.32 Å². The molecule has 4 rings (SSSR count). The summed E-state index contributed by atoms with van der Waals surface area (Å²) in [4.78, 5) is 9.09. The van der Waals surface area contributed by atoms with Gasteiger partial charge in [0.15, 0.2) is 5.82 Å². The number of sulfone groups is 1. The first-order valence-corrected chi connectivity index (χ1v) is 15.1. The number of aromatic nitrogens is 2. The van der Waals surface area contributed by atoms with Gasteiger partial charge in [-0.15, -0.1) is 0 Å². The highest BCUT2D eigenvalue weighted by molar-refractivity contribution is 7.90. The Labute approximate surface area is 211 Å². The fourth-order valence-corrected chi connectivity index (χ4v) is 6.18. The van der Waals surface area contributed by atoms with Gasteiger partial charge in [-0.2, -0.15) is 4.31 Å². The molecule has 1 fully saturated rings. The number of nitrogens with one attached hydrogen (secondary N) is 1. The molecule has 1 aliphatic heterocycles. The Morgan fingerprint density at radius 3 is 2.47 bits per heavy atom. The summed E-state index contributed by atoms with van der Waals surface area (Å²) in [6, 6.07) is 13.0. The van der Waals surface area contributed by atoms with Gasteiger partial charge in [0.2, 0.25) is 10.0 Å². The van der Waals surface area contributed by atoms with Crippen LogP contribution < -0.4 is 5.32 Å². The van der Waals surface area contributed by atoms with Crippen LogP contribution in [-0.2, 0) is 19.9 Å². The predicted octanol–water partition coefficient (Wildman–Crippen LogP) is 2.90. The van der Waals surface area contributed by atoms with Crippen molar-refractivity contribution in [2.75, 3.05) is 38.2 Å². The monoisotopic (exact) mass is 532 g/mol. The van der Waals surface area contributed by atoms with Crippen LogP contribution in [0.5, 0.6) is 0 Å². The van der Waals surface area contributed by atoms with E-state index in [-0.39, 0.29) is 22.4 Å². The molecule has 0 aliphatic carbocycles. The molecule has 1 unspecified atom stereocenters. The van der Waals surface area contributed by atoms with Crippen LogP contribution in [0, 0.1) is 18.7 Å². The Morgan fingerprint density at radius 1 is 1.06 bits per heavy atom. The predicted molar refractivity (Wildman–Crippen MR) is 137 cm³/mol. The second kappa shape index (κ2) is 10.7. The molecule has 8 nitrogen and oxygen atoms in total. The number of aryl methyl sites for hydroxylation is 1. The second-order valence-electron chi connectivity index (χ2n) is 9.11. The van der Waals surface area contributed by atoms with Gasteiger partial charge in [0.25, 0.3) is 0 Å². The molecule has 11 heteroatoms. The van der Waals surface area contributed by atoms with E-state index >= 15 is 0 Å². The lowest BCUT2D eigenvalue weighted by atomic mass is 10.1. The maximum atomic E-state index is 13.6. The zero-order valence-electron chi connectivity index (χ0n) is 20.2. The first-order chi connectivity index (χ1) is 17.0. The zero-order valence-corrected chi connectivity index (χ0v) is 21.8. The Morgan fingerprint density at radius 2 is 1.78 bits per heavy atom. The summed E-state index contributed by atoms with van der Waals surface area (Å²) < 4.78 is 63.9. The molecule has 2 aromatic carbocycles. The van der Waals surface area contributed by atoms with Gasteiger partial charge in [0, 0.05) is 43.2 Å². The van der Waals surface area contributed by atoms with Crippen LogP contribution in [-0.4, -0.2) is 69.3 Å². The summed E-state index contributed by atoms with van der Waals surface area (Å²) in [5.41, 5.74) is 2.61. The number of hydrogen-bond donors (Lipinski definition) is 1. The average molecular weight is 533 g/mol. The molecule has 192 valence electrons. The van der Waals surface area contributed by atoms with Crippen molar-refractivity contribution in [1.29, 1.82) is 0 Å². The lowest BCUT2D eigenvalue weighted by Crippen LogP contribution is -2.32. The Hall–Kier alpha value is -2.73. The molecular weight excluding hydrogens is 503 g/mol. The third-order valence-corrected chi connectivity index (χ3v) is 9.02. The van der Waals surface area contributed by atoms with E-state index in [0.29, 0.717) is 55.2 Å². The molecule has 0 radical (unpaired) electrons. The molecular formula is C25H29FN4O4S2. The lowest BCUT2D eigenvalue weighted by molar-refractivity contribution is 0.447. The molecule has 1 aliphatic rings. The van der Waals surface area contributed by atoms with Crippen LogP contribution in [0.4, 0.5) is 4.39 Å². The highest BCUT2D eigenvalue weighted by Crippen LogP contribution is 2.27. The standard InChI is InChI=1S/C25H29FN4O4S2/c1-18-15-21(5-8-23(18)26)24-9-11-28-25(29-24)20-3-6-22(7-4-20)36(33,34)30-13-10-19(17-30)16-27-12-14-35(2,31)32/h3-9,11,15,19,27H,10,12-14,16-17H2,1-2H3. The third kappa shape index (κ3) is 6.33. The molecule has 0 amide bonds. The van der Waals surface area contributed by atoms with E-state index in [1.54, 1.807) is 55.6 Å². The summed E-state index contributed by atoms with van der Waals surface area (Å²) in [5, 5.41) is 3.11. The van der Waals surface area contributed by atoms with Crippen LogP contribution in [0.3, 0.4) is 0 Å². The Kier molecular flexibility index (Phi) is 7.84. The number of sulfonamides is 1. The van der Waals surface area contributed by atoms with Gasteiger partial charge in [0.1, 0.15) is 15.7 Å². The van der Waals surface area contributed by atoms with E-state index in [1.165, 1.54) is 16.6 Å². The SMILES string of the molecule is Cc1cc(-c2ccnc(-c3ccc(S(=O)(=O)N4CCC(CNCCS(C)(=O)=O)C4)cc3)n2)ccc1F. The van der Waals surface area contributed by atoms with Crippen molar-refractivity contribution in [3.8, 4) is 22.6 Å². The molecule has 1 aromatic heterocycles. The normalized spacial score (nSPS) is 16.9. The zero-order chi connectivity index (χ0) is 25.9. The Balaban J connectivity index is 1.43. The van der Waals surface area contributed by atoms with Crippen molar-refractivity contribution >= 4 is 19.9 Å². The van der Waals surface area contributed by atoms with Crippen molar-refractivity contribution in [3.05, 3.63) is 66.1 Å². The largest absolute Gasteiger partial charge is 0.315 e. The second-order valence-corrected chi connectivity index (χ2v) is 13.3. The van der Waals surface area contributed by atoms with Gasteiger partial charge in [-0.05, 0) is 79.9 Å². The topological polar surface area (TPSA) is 109 Å². The van der Waals surface area contributed by atoms with Crippen molar-refractivity contribution in [2.45, 2.75) is 18.2 Å². The van der Waals surface area contributed by atoms with Crippen molar-refractivity contribution in [3.63, 3.8) is 0 Å². The average Bonchev–Trinajstić information content (AvgIpc) is 3.33. The molecule has 2 heterocycles. The summed E-state index contributed by atoms with van der Waals surface area (Å²) in [6.07, 6.45) is 3.53. The van der Waals surface area contributed by atoms with Gasteiger partial charge >= 0.3 is 0 Å². The fraction of sp³-hybridized carbons (Fsp3) is 0.360. The molecule has 1 N–H and O–H groups in total. The van der Waals surface area contributed by atoms with Crippen molar-refractivity contribution in [2.24, 2.45) is 5.92 Å². The molecule has 0 bridgehead atoms. The highest BCUT2D eigenvalue weighted by atomic mass is 32.2. The highest BCUT2D eigenvalue weighted by Gasteiger charge is 2.32. The maximum absolute atomic E-state index is 13.6. The third-order valence-electron chi connectivity index (χ3n) is 6.19. The van der Waals surface area contributed by atoms with Gasteiger partial charge in [-0.1, -0.05) is 0 Å². The summed E-state index contributed by atoms with van der Waals surface area (Å²) in [6.45, 7) is 3.43. The minimum atomic E-state index is -3.65. The number of nitrogens with zero attached hydrogens (tertiary/aromatic N) is 3. The molecule has 36 heavy (non-hydrogen) atoms. The number of benzene rings is 2. The number of hydrogen-bond acceptors (Lipinski definition) is 7. The van der Waals surface area contributed by atoms with Crippen molar-refractivity contribution < 1.29 is 21.2 Å². The van der Waals surface area contributed by atoms with E-state index in [2.05, 4.69) is 15.3 Å². The summed E-state index contributed by atoms with van der Waals surface area (Å²) in [7, 11) is -6.68. The number of rotatable bonds is 9. The molecule has 3 aromatic rings. The minimum absolute atomic E-state index is 0.0598. The van der Waals surface area contributed by atoms with Crippen LogP contribution in [0.15, 0.2) is 59.6 Å². The molecule has 0 spiro atoms. The van der Waals surface area contributed by atoms with E-state index in [1.807, 2.05) is 0 Å². The van der Waals surface area contributed by atoms with E-state index in [0.717, 1.165) is 5.56 Å². The summed E-state index contributed by atoms with van der Waals surface area (Å²) in [5.74, 6) is 0.353. The molecule has 0 saturated carbocycles. The van der Waals surface area contributed by atoms with Gasteiger partial charge in [-0.3, -0.25) is 0 Å². The van der Waals surface area contributed by atoms with Crippen LogP contribution in [0.1, 0.15) is 12.0 Å². The Bertz CT molecular complexity index is 1450. The lowest BCUT2D eigenvalue weighted by Gasteiger charge is -2.17. The van der Waals surface area contributed by atoms with E-state index < -0.39 is 19.9 Å². The van der Waals surface area contributed by atoms with Gasteiger partial charge in [-0.25, -0.2) is 31.2 Å². The molecule has 1 atom stereocenters. The van der Waals surface area contributed by atoms with E-state index in [4.69, 9.17) is 0 Å². The van der Waals surface area contributed by atoms with Crippen LogP contribution in [0.25, 0.3) is 22.6 Å². The van der Waals surface area contributed by atoms with Crippen molar-refractivity contribution in [1.82, 2.24) is 19.6 Å². The fourth-order valence-electron chi connectivity index (χ4n) is 4.13. The molecule has 1 saturated heterocycles. The number of halogens is 1. The van der Waals surface area contributed by atoms with Gasteiger partial charge in [0.05, 0.1) is 16.3 Å². The van der Waals surface area contributed by atoms with Crippen LogP contribution in [0.2, 0.25) is 0 Å². The van der Waals surface area contributed by atoms with E-state index in [9.17, 15) is 21.2 Å².